The zero-order valence-electron chi connectivity index (χ0n) is 20.3. The fourth-order valence-electron chi connectivity index (χ4n) is 9.00. The highest BCUT2D eigenvalue weighted by atomic mass is 16.2. The number of carbonyl (C=O) groups excluding carboxylic acids is 2. The smallest absolute Gasteiger partial charge is 0.159 e. The molecular formula is C29H46O2. The molecule has 0 radical (unpaired) electrons. The van der Waals surface area contributed by atoms with E-state index in [0.717, 1.165) is 86.9 Å². The van der Waals surface area contributed by atoms with Crippen molar-refractivity contribution in [2.24, 2.45) is 46.3 Å². The number of Topliss-reactive ketones (excluding diaryl/α,β-unsaturated/α-hetero) is 2. The van der Waals surface area contributed by atoms with Gasteiger partial charge in [0.15, 0.2) is 11.6 Å². The summed E-state index contributed by atoms with van der Waals surface area (Å²) >= 11 is 0. The van der Waals surface area contributed by atoms with E-state index in [0.29, 0.717) is 11.6 Å². The van der Waals surface area contributed by atoms with E-state index in [2.05, 4.69) is 13.8 Å². The molecule has 5 aliphatic carbocycles. The lowest BCUT2D eigenvalue weighted by Gasteiger charge is -2.58. The molecule has 0 aromatic rings. The average molecular weight is 427 g/mol. The number of hydrogen-bond acceptors (Lipinski definition) is 2. The SMILES string of the molecule is CC[C@H]1CC[C@H](C2CCC3(CC2)C(=O)C2(CCC([C@H]4CC[C@H](C)CC4)CC2)C3=O)CC1. The Balaban J connectivity index is 1.15. The zero-order valence-corrected chi connectivity index (χ0v) is 20.3. The normalized spacial score (nSPS) is 48.7. The van der Waals surface area contributed by atoms with E-state index >= 15 is 0 Å². The summed E-state index contributed by atoms with van der Waals surface area (Å²) in [6, 6.07) is 0. The molecule has 0 aliphatic heterocycles. The Morgan fingerprint density at radius 1 is 0.581 bits per heavy atom. The van der Waals surface area contributed by atoms with Crippen LogP contribution in [0.15, 0.2) is 0 Å². The van der Waals surface area contributed by atoms with E-state index in [1.165, 1.54) is 57.8 Å². The highest BCUT2D eigenvalue weighted by Crippen LogP contribution is 2.62. The minimum Gasteiger partial charge on any atom is -0.297 e. The number of hydrogen-bond donors (Lipinski definition) is 0. The number of rotatable bonds is 3. The van der Waals surface area contributed by atoms with Gasteiger partial charge in [-0.1, -0.05) is 46.0 Å². The van der Waals surface area contributed by atoms with E-state index < -0.39 is 10.8 Å². The van der Waals surface area contributed by atoms with Crippen LogP contribution in [0.3, 0.4) is 0 Å². The van der Waals surface area contributed by atoms with E-state index in [4.69, 9.17) is 0 Å². The predicted octanol–water partition coefficient (Wildman–Crippen LogP) is 7.53. The summed E-state index contributed by atoms with van der Waals surface area (Å²) in [5.41, 5.74) is -1.07. The highest BCUT2D eigenvalue weighted by molar-refractivity contribution is 6.30. The summed E-state index contributed by atoms with van der Waals surface area (Å²) in [6.07, 6.45) is 20.5. The Kier molecular flexibility index (Phi) is 6.15. The van der Waals surface area contributed by atoms with Crippen molar-refractivity contribution in [2.75, 3.05) is 0 Å². The van der Waals surface area contributed by atoms with Crippen molar-refractivity contribution in [3.05, 3.63) is 0 Å². The summed E-state index contributed by atoms with van der Waals surface area (Å²) < 4.78 is 0. The van der Waals surface area contributed by atoms with Crippen LogP contribution in [0.25, 0.3) is 0 Å². The van der Waals surface area contributed by atoms with Crippen LogP contribution in [-0.2, 0) is 9.59 Å². The van der Waals surface area contributed by atoms with Gasteiger partial charge >= 0.3 is 0 Å². The van der Waals surface area contributed by atoms with Crippen LogP contribution < -0.4 is 0 Å². The van der Waals surface area contributed by atoms with Crippen molar-refractivity contribution in [1.29, 1.82) is 0 Å². The van der Waals surface area contributed by atoms with Crippen LogP contribution in [0.4, 0.5) is 0 Å². The molecule has 2 nitrogen and oxygen atoms in total. The van der Waals surface area contributed by atoms with Crippen LogP contribution in [0.2, 0.25) is 0 Å². The molecule has 5 rings (SSSR count). The van der Waals surface area contributed by atoms with Crippen molar-refractivity contribution in [1.82, 2.24) is 0 Å². The van der Waals surface area contributed by atoms with Gasteiger partial charge in [-0.3, -0.25) is 9.59 Å². The Bertz CT molecular complexity index is 641. The second-order valence-corrected chi connectivity index (χ2v) is 12.7. The second kappa shape index (κ2) is 8.60. The van der Waals surface area contributed by atoms with Gasteiger partial charge in [-0.25, -0.2) is 0 Å². The Morgan fingerprint density at radius 2 is 0.935 bits per heavy atom. The molecule has 5 fully saturated rings. The summed E-state index contributed by atoms with van der Waals surface area (Å²) in [5, 5.41) is 0. The molecule has 174 valence electrons. The van der Waals surface area contributed by atoms with E-state index in [1.54, 1.807) is 0 Å². The molecule has 0 saturated heterocycles. The van der Waals surface area contributed by atoms with Crippen molar-refractivity contribution in [3.8, 4) is 0 Å². The fourth-order valence-corrected chi connectivity index (χ4v) is 9.00. The molecule has 0 heterocycles. The third-order valence-corrected chi connectivity index (χ3v) is 11.4. The van der Waals surface area contributed by atoms with Crippen LogP contribution in [0.1, 0.15) is 123 Å². The lowest BCUT2D eigenvalue weighted by Crippen LogP contribution is -2.68. The molecule has 5 saturated carbocycles. The molecule has 0 unspecified atom stereocenters. The summed E-state index contributed by atoms with van der Waals surface area (Å²) in [7, 11) is 0. The van der Waals surface area contributed by atoms with E-state index in [9.17, 15) is 9.59 Å². The number of carbonyl (C=O) groups is 2. The third kappa shape index (κ3) is 3.67. The highest BCUT2D eigenvalue weighted by Gasteiger charge is 2.71. The summed E-state index contributed by atoms with van der Waals surface area (Å²) in [6.45, 7) is 4.73. The van der Waals surface area contributed by atoms with Crippen molar-refractivity contribution in [3.63, 3.8) is 0 Å². The Hall–Kier alpha value is -0.660. The zero-order chi connectivity index (χ0) is 21.6. The summed E-state index contributed by atoms with van der Waals surface area (Å²) in [4.78, 5) is 27.2. The van der Waals surface area contributed by atoms with Gasteiger partial charge in [-0.15, -0.1) is 0 Å². The minimum atomic E-state index is -0.537. The molecule has 0 N–H and O–H groups in total. The van der Waals surface area contributed by atoms with Crippen LogP contribution in [0, 0.1) is 46.3 Å². The maximum Gasteiger partial charge on any atom is 0.159 e. The van der Waals surface area contributed by atoms with E-state index in [-0.39, 0.29) is 0 Å². The van der Waals surface area contributed by atoms with Gasteiger partial charge in [-0.05, 0) is 113 Å². The van der Waals surface area contributed by atoms with Gasteiger partial charge in [-0.2, -0.15) is 0 Å². The molecule has 5 aliphatic rings. The lowest BCUT2D eigenvalue weighted by molar-refractivity contribution is -0.179. The van der Waals surface area contributed by atoms with Gasteiger partial charge in [0.2, 0.25) is 0 Å². The Morgan fingerprint density at radius 3 is 1.32 bits per heavy atom. The van der Waals surface area contributed by atoms with E-state index in [1.807, 2.05) is 0 Å². The first-order valence-corrected chi connectivity index (χ1v) is 14.1. The minimum absolute atomic E-state index is 0.397. The number of ketones is 2. The predicted molar refractivity (Wildman–Crippen MR) is 126 cm³/mol. The fraction of sp³-hybridized carbons (Fsp3) is 0.931. The standard InChI is InChI=1S/C29H46O2/c1-3-21-6-10-23(11-7-21)25-14-18-29(19-15-25)26(30)28(27(29)31)16-12-24(13-17-28)22-8-4-20(2)5-9-22/h20-25H,3-19H2,1-2H3/t20-,21-,22-,23-,24?,25?,28?,29?. The van der Waals surface area contributed by atoms with Crippen molar-refractivity contribution < 1.29 is 9.59 Å². The van der Waals surface area contributed by atoms with Gasteiger partial charge in [0, 0.05) is 0 Å². The van der Waals surface area contributed by atoms with Crippen molar-refractivity contribution >= 4 is 11.6 Å². The average Bonchev–Trinajstić information content (AvgIpc) is 2.84. The molecule has 0 aromatic heterocycles. The molecule has 0 amide bonds. The van der Waals surface area contributed by atoms with Gasteiger partial charge in [0.25, 0.3) is 0 Å². The molecule has 2 spiro atoms. The molecule has 0 aromatic carbocycles. The van der Waals surface area contributed by atoms with Gasteiger partial charge < -0.3 is 0 Å². The van der Waals surface area contributed by atoms with Crippen molar-refractivity contribution in [2.45, 2.75) is 123 Å². The quantitative estimate of drug-likeness (QED) is 0.437. The third-order valence-electron chi connectivity index (χ3n) is 11.4. The van der Waals surface area contributed by atoms with Crippen LogP contribution >= 0.6 is 0 Å². The first-order chi connectivity index (χ1) is 15.0. The van der Waals surface area contributed by atoms with Gasteiger partial charge in [0.05, 0.1) is 10.8 Å². The second-order valence-electron chi connectivity index (χ2n) is 12.7. The van der Waals surface area contributed by atoms with Crippen LogP contribution in [-0.4, -0.2) is 11.6 Å². The maximum absolute atomic E-state index is 13.6. The lowest BCUT2D eigenvalue weighted by atomic mass is 9.41. The molecule has 0 bridgehead atoms. The molecule has 31 heavy (non-hydrogen) atoms. The Labute approximate surface area is 190 Å². The summed E-state index contributed by atoms with van der Waals surface area (Å²) in [5.74, 6) is 5.95. The molecular weight excluding hydrogens is 380 g/mol. The maximum atomic E-state index is 13.6. The molecule has 0 atom stereocenters. The molecule has 2 heteroatoms. The van der Waals surface area contributed by atoms with Gasteiger partial charge in [0.1, 0.15) is 0 Å². The first-order valence-electron chi connectivity index (χ1n) is 14.1. The van der Waals surface area contributed by atoms with Crippen LogP contribution in [0.5, 0.6) is 0 Å². The monoisotopic (exact) mass is 426 g/mol. The topological polar surface area (TPSA) is 34.1 Å². The largest absolute Gasteiger partial charge is 0.297 e. The first kappa shape index (κ1) is 22.1.